The van der Waals surface area contributed by atoms with Gasteiger partial charge in [-0.2, -0.15) is 0 Å². The molecule has 0 aliphatic carbocycles. The average Bonchev–Trinajstić information content (AvgIpc) is 2.43. The number of benzene rings is 1. The predicted molar refractivity (Wildman–Crippen MR) is 80.4 cm³/mol. The molecule has 2 rings (SSSR count). The van der Waals surface area contributed by atoms with Gasteiger partial charge < -0.3 is 10.1 Å². The van der Waals surface area contributed by atoms with E-state index in [9.17, 15) is 4.39 Å². The fraction of sp³-hybridized carbons (Fsp3) is 0.214. The van der Waals surface area contributed by atoms with E-state index in [1.165, 1.54) is 12.1 Å². The second-order valence-electron chi connectivity index (χ2n) is 4.17. The Balaban J connectivity index is 2.03. The van der Waals surface area contributed by atoms with Crippen LogP contribution < -0.4 is 10.1 Å². The molecule has 1 aromatic carbocycles. The molecule has 1 heterocycles. The van der Waals surface area contributed by atoms with Gasteiger partial charge in [0.25, 0.3) is 0 Å². The molecule has 0 bridgehead atoms. The van der Waals surface area contributed by atoms with Crippen molar-refractivity contribution in [1.82, 2.24) is 10.3 Å². The van der Waals surface area contributed by atoms with Crippen molar-refractivity contribution in [3.63, 3.8) is 0 Å². The van der Waals surface area contributed by atoms with Gasteiger partial charge in [0, 0.05) is 18.8 Å². The van der Waals surface area contributed by atoms with Crippen LogP contribution in [0.3, 0.4) is 0 Å². The Hall–Kier alpha value is -1.17. The molecule has 0 spiro atoms. The third-order valence-electron chi connectivity index (χ3n) is 2.62. The van der Waals surface area contributed by atoms with Crippen LogP contribution in [0.2, 0.25) is 5.02 Å². The molecule has 0 unspecified atom stereocenters. The summed E-state index contributed by atoms with van der Waals surface area (Å²) in [7, 11) is 1.88. The number of ether oxygens (including phenoxy) is 1. The number of rotatable bonds is 5. The van der Waals surface area contributed by atoms with Crippen LogP contribution in [-0.4, -0.2) is 12.0 Å². The molecule has 0 aliphatic heterocycles. The number of nitrogens with one attached hydrogen (secondary N) is 1. The Kier molecular flexibility index (Phi) is 5.34. The van der Waals surface area contributed by atoms with Crippen LogP contribution in [0.4, 0.5) is 4.39 Å². The highest BCUT2D eigenvalue weighted by atomic mass is 79.9. The molecule has 0 radical (unpaired) electrons. The fourth-order valence-electron chi connectivity index (χ4n) is 1.62. The molecular weight excluding hydrogens is 347 g/mol. The third-order valence-corrected chi connectivity index (χ3v) is 3.53. The van der Waals surface area contributed by atoms with E-state index in [0.717, 1.165) is 17.8 Å². The van der Waals surface area contributed by atoms with Gasteiger partial charge in [-0.25, -0.2) is 4.39 Å². The van der Waals surface area contributed by atoms with Crippen molar-refractivity contribution in [1.29, 1.82) is 0 Å². The lowest BCUT2D eigenvalue weighted by Gasteiger charge is -2.09. The maximum Gasteiger partial charge on any atom is 0.145 e. The first-order chi connectivity index (χ1) is 9.60. The maximum atomic E-state index is 13.4. The minimum absolute atomic E-state index is 0.0544. The molecular formula is C14H13BrClFN2O. The van der Waals surface area contributed by atoms with E-state index in [4.69, 9.17) is 16.3 Å². The molecule has 0 aliphatic rings. The second kappa shape index (κ2) is 7.02. The number of pyridine rings is 1. The summed E-state index contributed by atoms with van der Waals surface area (Å²) in [6.45, 7) is 1.03. The lowest BCUT2D eigenvalue weighted by molar-refractivity contribution is 0.298. The average molecular weight is 360 g/mol. The molecule has 0 saturated heterocycles. The highest BCUT2D eigenvalue weighted by Crippen LogP contribution is 2.30. The maximum absolute atomic E-state index is 13.4. The SMILES string of the molecule is CNCc1ccc(COc2cc(F)c(Cl)cc2Br)nc1. The Morgan fingerprint density at radius 1 is 1.40 bits per heavy atom. The normalized spacial score (nSPS) is 10.6. The number of aromatic nitrogens is 1. The van der Waals surface area contributed by atoms with Gasteiger partial charge >= 0.3 is 0 Å². The number of hydrogen-bond donors (Lipinski definition) is 1. The van der Waals surface area contributed by atoms with Crippen LogP contribution in [0.5, 0.6) is 5.75 Å². The fourth-order valence-corrected chi connectivity index (χ4v) is 2.37. The molecule has 0 saturated carbocycles. The highest BCUT2D eigenvalue weighted by molar-refractivity contribution is 9.10. The van der Waals surface area contributed by atoms with Gasteiger partial charge in [-0.05, 0) is 40.7 Å². The Morgan fingerprint density at radius 3 is 2.85 bits per heavy atom. The summed E-state index contributed by atoms with van der Waals surface area (Å²) in [4.78, 5) is 4.28. The van der Waals surface area contributed by atoms with Gasteiger partial charge in [0.2, 0.25) is 0 Å². The van der Waals surface area contributed by atoms with Gasteiger partial charge in [0.05, 0.1) is 15.2 Å². The summed E-state index contributed by atoms with van der Waals surface area (Å²) < 4.78 is 19.5. The van der Waals surface area contributed by atoms with Crippen LogP contribution in [-0.2, 0) is 13.2 Å². The zero-order chi connectivity index (χ0) is 14.5. The zero-order valence-electron chi connectivity index (χ0n) is 10.8. The van der Waals surface area contributed by atoms with Crippen molar-refractivity contribution < 1.29 is 9.13 Å². The van der Waals surface area contributed by atoms with E-state index >= 15 is 0 Å². The smallest absolute Gasteiger partial charge is 0.145 e. The monoisotopic (exact) mass is 358 g/mol. The number of hydrogen-bond acceptors (Lipinski definition) is 3. The van der Waals surface area contributed by atoms with Gasteiger partial charge in [0.15, 0.2) is 0 Å². The number of halogens is 3. The van der Waals surface area contributed by atoms with Crippen molar-refractivity contribution in [2.24, 2.45) is 0 Å². The van der Waals surface area contributed by atoms with Crippen molar-refractivity contribution in [2.45, 2.75) is 13.2 Å². The lowest BCUT2D eigenvalue weighted by Crippen LogP contribution is -2.06. The van der Waals surface area contributed by atoms with E-state index in [1.807, 2.05) is 19.2 Å². The molecule has 0 amide bonds. The highest BCUT2D eigenvalue weighted by Gasteiger charge is 2.08. The van der Waals surface area contributed by atoms with Crippen LogP contribution >= 0.6 is 27.5 Å². The van der Waals surface area contributed by atoms with Crippen LogP contribution in [0.25, 0.3) is 0 Å². The van der Waals surface area contributed by atoms with Crippen LogP contribution in [0.15, 0.2) is 34.9 Å². The van der Waals surface area contributed by atoms with Gasteiger partial charge in [-0.15, -0.1) is 0 Å². The Labute approximate surface area is 130 Å². The summed E-state index contributed by atoms with van der Waals surface area (Å²) in [6.07, 6.45) is 1.78. The van der Waals surface area contributed by atoms with Gasteiger partial charge in [-0.1, -0.05) is 17.7 Å². The summed E-state index contributed by atoms with van der Waals surface area (Å²) >= 11 is 8.95. The molecule has 1 aromatic heterocycles. The minimum Gasteiger partial charge on any atom is -0.486 e. The third kappa shape index (κ3) is 3.91. The summed E-state index contributed by atoms with van der Waals surface area (Å²) in [5, 5.41) is 3.10. The summed E-state index contributed by atoms with van der Waals surface area (Å²) in [5.41, 5.74) is 1.86. The van der Waals surface area contributed by atoms with E-state index in [0.29, 0.717) is 10.2 Å². The largest absolute Gasteiger partial charge is 0.486 e. The van der Waals surface area contributed by atoms with E-state index in [2.05, 4.69) is 26.2 Å². The molecule has 106 valence electrons. The second-order valence-corrected chi connectivity index (χ2v) is 5.44. The summed E-state index contributed by atoms with van der Waals surface area (Å²) in [6, 6.07) is 6.57. The molecule has 3 nitrogen and oxygen atoms in total. The van der Waals surface area contributed by atoms with Crippen LogP contribution in [0, 0.1) is 5.82 Å². The van der Waals surface area contributed by atoms with Gasteiger partial charge in [-0.3, -0.25) is 4.98 Å². The van der Waals surface area contributed by atoms with Crippen molar-refractivity contribution in [3.05, 3.63) is 57.0 Å². The standard InChI is InChI=1S/C14H13BrClFN2O/c1-18-6-9-2-3-10(19-7-9)8-20-14-5-13(17)12(16)4-11(14)15/h2-5,7,18H,6,8H2,1H3. The Morgan fingerprint density at radius 2 is 2.20 bits per heavy atom. The molecule has 2 aromatic rings. The molecule has 1 N–H and O–H groups in total. The first-order valence-electron chi connectivity index (χ1n) is 5.96. The molecule has 0 atom stereocenters. The lowest BCUT2D eigenvalue weighted by atomic mass is 10.2. The first kappa shape index (κ1) is 15.2. The van der Waals surface area contributed by atoms with Gasteiger partial charge in [0.1, 0.15) is 18.2 Å². The molecule has 6 heteroatoms. The zero-order valence-corrected chi connectivity index (χ0v) is 13.1. The molecule has 20 heavy (non-hydrogen) atoms. The topological polar surface area (TPSA) is 34.1 Å². The Bertz CT molecular complexity index is 592. The van der Waals surface area contributed by atoms with E-state index in [1.54, 1.807) is 6.20 Å². The van der Waals surface area contributed by atoms with Crippen molar-refractivity contribution >= 4 is 27.5 Å². The molecule has 0 fully saturated rings. The quantitative estimate of drug-likeness (QED) is 0.821. The van der Waals surface area contributed by atoms with Crippen LogP contribution in [0.1, 0.15) is 11.3 Å². The first-order valence-corrected chi connectivity index (χ1v) is 7.13. The van der Waals surface area contributed by atoms with Crippen molar-refractivity contribution in [3.8, 4) is 5.75 Å². The number of nitrogens with zero attached hydrogens (tertiary/aromatic N) is 1. The summed E-state index contributed by atoms with van der Waals surface area (Å²) in [5.74, 6) is -0.116. The van der Waals surface area contributed by atoms with E-state index in [-0.39, 0.29) is 11.6 Å². The van der Waals surface area contributed by atoms with Crippen molar-refractivity contribution in [2.75, 3.05) is 7.05 Å². The minimum atomic E-state index is -0.512. The predicted octanol–water partition coefficient (Wildman–Crippen LogP) is 3.94. The van der Waals surface area contributed by atoms with E-state index < -0.39 is 5.82 Å².